The summed E-state index contributed by atoms with van der Waals surface area (Å²) in [5.41, 5.74) is 3.80. The van der Waals surface area contributed by atoms with Gasteiger partial charge in [-0.15, -0.1) is 0 Å². The molecule has 0 amide bonds. The van der Waals surface area contributed by atoms with Crippen molar-refractivity contribution in [1.82, 2.24) is 14.9 Å². The fourth-order valence-electron chi connectivity index (χ4n) is 1.72. The lowest BCUT2D eigenvalue weighted by molar-refractivity contribution is 0.199. The van der Waals surface area contributed by atoms with Crippen LogP contribution in [0.5, 0.6) is 0 Å². The van der Waals surface area contributed by atoms with Crippen molar-refractivity contribution >= 4 is 11.3 Å². The summed E-state index contributed by atoms with van der Waals surface area (Å²) in [6.07, 6.45) is 3.99. The van der Waals surface area contributed by atoms with Gasteiger partial charge in [0, 0.05) is 32.9 Å². The van der Waals surface area contributed by atoms with Crippen LogP contribution >= 0.6 is 11.3 Å². The van der Waals surface area contributed by atoms with E-state index in [1.54, 1.807) is 18.4 Å². The van der Waals surface area contributed by atoms with Crippen LogP contribution < -0.4 is 5.32 Å². The predicted octanol–water partition coefficient (Wildman–Crippen LogP) is 2.04. The number of ether oxygens (including phenoxy) is 1. The van der Waals surface area contributed by atoms with E-state index >= 15 is 0 Å². The molecule has 0 spiro atoms. The van der Waals surface area contributed by atoms with Crippen LogP contribution in [0, 0.1) is 6.92 Å². The molecular formula is C13H19N3OS. The van der Waals surface area contributed by atoms with E-state index in [-0.39, 0.29) is 0 Å². The van der Waals surface area contributed by atoms with Crippen molar-refractivity contribution in [1.29, 1.82) is 0 Å². The van der Waals surface area contributed by atoms with Gasteiger partial charge in [-0.1, -0.05) is 0 Å². The van der Waals surface area contributed by atoms with E-state index in [4.69, 9.17) is 4.74 Å². The largest absolute Gasteiger partial charge is 0.383 e. The quantitative estimate of drug-likeness (QED) is 0.779. The van der Waals surface area contributed by atoms with Crippen LogP contribution in [0.25, 0.3) is 0 Å². The lowest BCUT2D eigenvalue weighted by atomic mass is 10.2. The van der Waals surface area contributed by atoms with E-state index < -0.39 is 0 Å². The van der Waals surface area contributed by atoms with E-state index in [0.717, 1.165) is 31.9 Å². The first-order valence-electron chi connectivity index (χ1n) is 6.01. The Morgan fingerprint density at radius 2 is 2.33 bits per heavy atom. The maximum absolute atomic E-state index is 4.98. The Morgan fingerprint density at radius 3 is 3.06 bits per heavy atom. The van der Waals surface area contributed by atoms with Crippen LogP contribution in [0.4, 0.5) is 0 Å². The van der Waals surface area contributed by atoms with Crippen molar-refractivity contribution in [3.8, 4) is 0 Å². The van der Waals surface area contributed by atoms with Gasteiger partial charge in [0.15, 0.2) is 0 Å². The van der Waals surface area contributed by atoms with Crippen molar-refractivity contribution in [2.24, 2.45) is 0 Å². The Morgan fingerprint density at radius 1 is 1.44 bits per heavy atom. The summed E-state index contributed by atoms with van der Waals surface area (Å²) in [5.74, 6) is 0. The first-order chi connectivity index (χ1) is 8.79. The Labute approximate surface area is 112 Å². The van der Waals surface area contributed by atoms with E-state index in [2.05, 4.69) is 38.7 Å². The number of hydrogen-bond donors (Lipinski definition) is 1. The molecule has 0 atom stereocenters. The molecule has 2 aromatic heterocycles. The minimum Gasteiger partial charge on any atom is -0.383 e. The number of rotatable bonds is 7. The summed E-state index contributed by atoms with van der Waals surface area (Å²) >= 11 is 1.75. The Bertz CT molecular complexity index is 478. The summed E-state index contributed by atoms with van der Waals surface area (Å²) in [7, 11) is 1.71. The minimum atomic E-state index is 0.731. The van der Waals surface area contributed by atoms with Crippen molar-refractivity contribution in [3.63, 3.8) is 0 Å². The molecule has 0 bridgehead atoms. The average molecular weight is 265 g/mol. The highest BCUT2D eigenvalue weighted by Crippen LogP contribution is 2.15. The minimum absolute atomic E-state index is 0.731. The third kappa shape index (κ3) is 3.66. The molecule has 1 N–H and O–H groups in total. The second-order valence-electron chi connectivity index (χ2n) is 4.29. The molecule has 0 aliphatic carbocycles. The smallest absolute Gasteiger partial charge is 0.0953 e. The third-order valence-corrected chi connectivity index (χ3v) is 3.70. The van der Waals surface area contributed by atoms with E-state index in [1.807, 2.05) is 6.33 Å². The molecule has 18 heavy (non-hydrogen) atoms. The molecule has 2 aromatic rings. The second kappa shape index (κ2) is 6.68. The molecule has 4 nitrogen and oxygen atoms in total. The molecule has 0 unspecified atom stereocenters. The standard InChI is InChI=1S/C13H19N3OS/c1-11-8-18-9-12(11)6-16-7-13(15-10-16)5-14-3-4-17-2/h7-10,14H,3-6H2,1-2H3. The van der Waals surface area contributed by atoms with Crippen molar-refractivity contribution in [2.75, 3.05) is 20.3 Å². The molecule has 0 radical (unpaired) electrons. The zero-order valence-corrected chi connectivity index (χ0v) is 11.7. The van der Waals surface area contributed by atoms with Gasteiger partial charge in [0.2, 0.25) is 0 Å². The molecule has 5 heteroatoms. The van der Waals surface area contributed by atoms with Crippen LogP contribution in [0.2, 0.25) is 0 Å². The first-order valence-corrected chi connectivity index (χ1v) is 6.96. The van der Waals surface area contributed by atoms with Crippen LogP contribution in [0.3, 0.4) is 0 Å². The highest BCUT2D eigenvalue weighted by Gasteiger charge is 2.02. The fraction of sp³-hybridized carbons (Fsp3) is 0.462. The molecule has 0 aliphatic heterocycles. The van der Waals surface area contributed by atoms with Gasteiger partial charge >= 0.3 is 0 Å². The lowest BCUT2D eigenvalue weighted by Crippen LogP contribution is -2.18. The monoisotopic (exact) mass is 265 g/mol. The van der Waals surface area contributed by atoms with Gasteiger partial charge in [0.1, 0.15) is 0 Å². The normalized spacial score (nSPS) is 11.0. The molecule has 0 saturated heterocycles. The number of imidazole rings is 1. The fourth-order valence-corrected chi connectivity index (χ4v) is 2.57. The molecular weight excluding hydrogens is 246 g/mol. The van der Waals surface area contributed by atoms with Gasteiger partial charge in [0.05, 0.1) is 18.6 Å². The topological polar surface area (TPSA) is 39.1 Å². The van der Waals surface area contributed by atoms with Gasteiger partial charge < -0.3 is 14.6 Å². The average Bonchev–Trinajstić information content (AvgIpc) is 2.96. The molecule has 0 aromatic carbocycles. The number of aryl methyl sites for hydroxylation is 1. The summed E-state index contributed by atoms with van der Waals surface area (Å²) < 4.78 is 7.11. The van der Waals surface area contributed by atoms with E-state index in [0.29, 0.717) is 0 Å². The predicted molar refractivity (Wildman–Crippen MR) is 74.0 cm³/mol. The molecule has 0 saturated carbocycles. The molecule has 2 heterocycles. The van der Waals surface area contributed by atoms with Gasteiger partial charge in [-0.3, -0.25) is 0 Å². The summed E-state index contributed by atoms with van der Waals surface area (Å²) in [6.45, 7) is 5.43. The van der Waals surface area contributed by atoms with E-state index in [1.165, 1.54) is 11.1 Å². The number of thiophene rings is 1. The maximum Gasteiger partial charge on any atom is 0.0953 e. The van der Waals surface area contributed by atoms with Gasteiger partial charge in [-0.25, -0.2) is 4.98 Å². The third-order valence-electron chi connectivity index (χ3n) is 2.79. The highest BCUT2D eigenvalue weighted by molar-refractivity contribution is 7.08. The summed E-state index contributed by atoms with van der Waals surface area (Å²) in [5, 5.41) is 7.67. The zero-order chi connectivity index (χ0) is 12.8. The second-order valence-corrected chi connectivity index (χ2v) is 5.03. The number of hydrogen-bond acceptors (Lipinski definition) is 4. The number of nitrogens with one attached hydrogen (secondary N) is 1. The number of aromatic nitrogens is 2. The van der Waals surface area contributed by atoms with Gasteiger partial charge in [-0.05, 0) is 28.8 Å². The summed E-state index contributed by atoms with van der Waals surface area (Å²) in [6, 6.07) is 0. The Hall–Kier alpha value is -1.17. The van der Waals surface area contributed by atoms with Crippen molar-refractivity contribution in [2.45, 2.75) is 20.0 Å². The van der Waals surface area contributed by atoms with Crippen LogP contribution in [-0.4, -0.2) is 29.8 Å². The van der Waals surface area contributed by atoms with Crippen molar-refractivity contribution < 1.29 is 4.74 Å². The van der Waals surface area contributed by atoms with Crippen LogP contribution in [0.15, 0.2) is 23.3 Å². The first kappa shape index (κ1) is 13.3. The summed E-state index contributed by atoms with van der Waals surface area (Å²) in [4.78, 5) is 4.39. The van der Waals surface area contributed by atoms with E-state index in [9.17, 15) is 0 Å². The van der Waals surface area contributed by atoms with Crippen LogP contribution in [0.1, 0.15) is 16.8 Å². The molecule has 98 valence electrons. The number of nitrogens with zero attached hydrogens (tertiary/aromatic N) is 2. The lowest BCUT2D eigenvalue weighted by Gasteiger charge is -2.02. The highest BCUT2D eigenvalue weighted by atomic mass is 32.1. The van der Waals surface area contributed by atoms with Gasteiger partial charge in [-0.2, -0.15) is 11.3 Å². The molecule has 2 rings (SSSR count). The van der Waals surface area contributed by atoms with Crippen molar-refractivity contribution in [3.05, 3.63) is 40.1 Å². The van der Waals surface area contributed by atoms with Crippen LogP contribution in [-0.2, 0) is 17.8 Å². The maximum atomic E-state index is 4.98. The SMILES string of the molecule is COCCNCc1cn(Cc2cscc2C)cn1. The van der Waals surface area contributed by atoms with Gasteiger partial charge in [0.25, 0.3) is 0 Å². The Balaban J connectivity index is 1.84. The number of methoxy groups -OCH3 is 1. The zero-order valence-electron chi connectivity index (χ0n) is 10.8. The Kier molecular flexibility index (Phi) is 4.92. The molecule has 0 fully saturated rings. The molecule has 0 aliphatic rings.